The Balaban J connectivity index is 1.51. The number of pyridine rings is 1. The van der Waals surface area contributed by atoms with Gasteiger partial charge in [-0.25, -0.2) is 0 Å². The molecule has 3 heteroatoms. The Kier molecular flexibility index (Phi) is 4.79. The van der Waals surface area contributed by atoms with Gasteiger partial charge in [0.25, 0.3) is 0 Å². The molecule has 0 saturated heterocycles. The molecular weight excluding hydrogens is 260 g/mol. The highest BCUT2D eigenvalue weighted by Crippen LogP contribution is 2.31. The molecule has 116 valence electrons. The maximum atomic E-state index is 11.4. The third kappa shape index (κ3) is 3.76. The molecule has 0 spiro atoms. The Morgan fingerprint density at radius 3 is 2.81 bits per heavy atom. The molecule has 1 atom stereocenters. The minimum Gasteiger partial charge on any atom is -0.326 e. The maximum Gasteiger partial charge on any atom is 0.248 e. The lowest BCUT2D eigenvalue weighted by molar-refractivity contribution is 0.271. The molecule has 1 saturated carbocycles. The zero-order chi connectivity index (χ0) is 14.7. The van der Waals surface area contributed by atoms with Crippen LogP contribution in [0.1, 0.15) is 69.2 Å². The predicted octanol–water partition coefficient (Wildman–Crippen LogP) is 3.56. The molecule has 1 aromatic rings. The zero-order valence-electron chi connectivity index (χ0n) is 13.2. The molecule has 21 heavy (non-hydrogen) atoms. The number of fused-ring (bicyclic) bond motifs is 1. The van der Waals surface area contributed by atoms with Crippen molar-refractivity contribution in [2.45, 2.75) is 64.3 Å². The van der Waals surface area contributed by atoms with Gasteiger partial charge in [-0.3, -0.25) is 4.79 Å². The van der Waals surface area contributed by atoms with Gasteiger partial charge in [0, 0.05) is 17.8 Å². The van der Waals surface area contributed by atoms with Crippen LogP contribution >= 0.6 is 0 Å². The summed E-state index contributed by atoms with van der Waals surface area (Å²) in [4.78, 5) is 14.4. The Morgan fingerprint density at radius 1 is 1.19 bits per heavy atom. The van der Waals surface area contributed by atoms with Crippen LogP contribution in [0, 0.1) is 11.8 Å². The Hall–Kier alpha value is -1.09. The van der Waals surface area contributed by atoms with Crippen molar-refractivity contribution >= 4 is 0 Å². The van der Waals surface area contributed by atoms with Gasteiger partial charge in [-0.2, -0.15) is 0 Å². The Labute approximate surface area is 127 Å². The van der Waals surface area contributed by atoms with Crippen molar-refractivity contribution in [3.8, 4) is 0 Å². The highest BCUT2D eigenvalue weighted by atomic mass is 16.1. The topological polar surface area (TPSA) is 44.9 Å². The molecule has 1 fully saturated rings. The number of aromatic amines is 1. The van der Waals surface area contributed by atoms with Gasteiger partial charge < -0.3 is 10.3 Å². The van der Waals surface area contributed by atoms with Gasteiger partial charge in [0.05, 0.1) is 0 Å². The average molecular weight is 288 g/mol. The van der Waals surface area contributed by atoms with Crippen molar-refractivity contribution in [1.82, 2.24) is 10.3 Å². The van der Waals surface area contributed by atoms with Crippen molar-refractivity contribution in [3.63, 3.8) is 0 Å². The van der Waals surface area contributed by atoms with E-state index in [1.54, 1.807) is 6.07 Å². The summed E-state index contributed by atoms with van der Waals surface area (Å²) in [5.74, 6) is 1.86. The highest BCUT2D eigenvalue weighted by Gasteiger charge is 2.21. The van der Waals surface area contributed by atoms with Gasteiger partial charge in [0.15, 0.2) is 0 Å². The van der Waals surface area contributed by atoms with Crippen LogP contribution in [0.2, 0.25) is 0 Å². The molecule has 1 aromatic heterocycles. The summed E-state index contributed by atoms with van der Waals surface area (Å²) in [5, 5.41) is 3.73. The van der Waals surface area contributed by atoms with Crippen LogP contribution in [0.4, 0.5) is 0 Å². The van der Waals surface area contributed by atoms with Crippen molar-refractivity contribution < 1.29 is 0 Å². The van der Waals surface area contributed by atoms with Crippen LogP contribution in [-0.4, -0.2) is 11.5 Å². The third-order valence-electron chi connectivity index (χ3n) is 5.41. The van der Waals surface area contributed by atoms with E-state index in [9.17, 15) is 4.79 Å². The first-order valence-electron chi connectivity index (χ1n) is 8.68. The minimum atomic E-state index is 0.0331. The molecule has 0 radical (unpaired) electrons. The fourth-order valence-electron chi connectivity index (χ4n) is 3.99. The summed E-state index contributed by atoms with van der Waals surface area (Å²) >= 11 is 0. The monoisotopic (exact) mass is 288 g/mol. The minimum absolute atomic E-state index is 0.0331. The fraction of sp³-hybridized carbons (Fsp3) is 0.722. The Morgan fingerprint density at radius 2 is 2.00 bits per heavy atom. The smallest absolute Gasteiger partial charge is 0.248 e. The van der Waals surface area contributed by atoms with E-state index in [2.05, 4.69) is 17.2 Å². The summed E-state index contributed by atoms with van der Waals surface area (Å²) in [6.45, 7) is 3.50. The summed E-state index contributed by atoms with van der Waals surface area (Å²) in [6.07, 6.45) is 10.4. The third-order valence-corrected chi connectivity index (χ3v) is 5.41. The number of hydrogen-bond donors (Lipinski definition) is 2. The van der Waals surface area contributed by atoms with Crippen molar-refractivity contribution in [2.75, 3.05) is 6.54 Å². The van der Waals surface area contributed by atoms with E-state index in [-0.39, 0.29) is 5.56 Å². The van der Waals surface area contributed by atoms with Crippen LogP contribution in [0.15, 0.2) is 16.9 Å². The highest BCUT2D eigenvalue weighted by molar-refractivity contribution is 5.26. The molecule has 0 aliphatic heterocycles. The van der Waals surface area contributed by atoms with Gasteiger partial charge in [0.1, 0.15) is 0 Å². The number of H-pyrrole nitrogens is 1. The molecule has 1 unspecified atom stereocenters. The van der Waals surface area contributed by atoms with Crippen LogP contribution < -0.4 is 10.9 Å². The van der Waals surface area contributed by atoms with Crippen LogP contribution in [0.25, 0.3) is 0 Å². The maximum absolute atomic E-state index is 11.4. The fourth-order valence-corrected chi connectivity index (χ4v) is 3.99. The van der Waals surface area contributed by atoms with E-state index in [0.29, 0.717) is 6.04 Å². The van der Waals surface area contributed by atoms with E-state index in [1.807, 2.05) is 6.07 Å². The van der Waals surface area contributed by atoms with E-state index in [1.165, 1.54) is 50.5 Å². The summed E-state index contributed by atoms with van der Waals surface area (Å²) < 4.78 is 0. The van der Waals surface area contributed by atoms with E-state index in [0.717, 1.165) is 30.5 Å². The quantitative estimate of drug-likeness (QED) is 0.890. The molecule has 2 aliphatic rings. The molecule has 3 rings (SSSR count). The lowest BCUT2D eigenvalue weighted by atomic mass is 9.81. The van der Waals surface area contributed by atoms with E-state index < -0.39 is 0 Å². The largest absolute Gasteiger partial charge is 0.326 e. The number of hydrogen-bond acceptors (Lipinski definition) is 2. The standard InChI is InChI=1S/C18H28N2O/c1-13-5-7-14(8-6-13)11-12-19-16-3-2-4-17-15(16)9-10-18(21)20-17/h9-10,13-14,16,19H,2-8,11-12H2,1H3,(H,20,21). The van der Waals surface area contributed by atoms with E-state index in [4.69, 9.17) is 0 Å². The molecule has 0 amide bonds. The predicted molar refractivity (Wildman–Crippen MR) is 86.5 cm³/mol. The zero-order valence-corrected chi connectivity index (χ0v) is 13.2. The first-order valence-corrected chi connectivity index (χ1v) is 8.68. The normalized spacial score (nSPS) is 29.1. The summed E-state index contributed by atoms with van der Waals surface area (Å²) in [6, 6.07) is 4.13. The second kappa shape index (κ2) is 6.78. The summed E-state index contributed by atoms with van der Waals surface area (Å²) in [5.41, 5.74) is 2.50. The van der Waals surface area contributed by atoms with Crippen LogP contribution in [0.5, 0.6) is 0 Å². The first kappa shape index (κ1) is 14.8. The number of aromatic nitrogens is 1. The van der Waals surface area contributed by atoms with Gasteiger partial charge in [-0.05, 0) is 49.6 Å². The Bertz CT molecular complexity index is 514. The van der Waals surface area contributed by atoms with Crippen LogP contribution in [0.3, 0.4) is 0 Å². The lowest BCUT2D eigenvalue weighted by Gasteiger charge is -2.29. The van der Waals surface area contributed by atoms with Gasteiger partial charge >= 0.3 is 0 Å². The number of nitrogens with one attached hydrogen (secondary N) is 2. The molecule has 1 heterocycles. The second-order valence-electron chi connectivity index (χ2n) is 7.07. The molecule has 2 aliphatic carbocycles. The van der Waals surface area contributed by atoms with Crippen molar-refractivity contribution in [1.29, 1.82) is 0 Å². The molecular formula is C18H28N2O. The van der Waals surface area contributed by atoms with Gasteiger partial charge in [-0.15, -0.1) is 0 Å². The number of rotatable bonds is 4. The second-order valence-corrected chi connectivity index (χ2v) is 7.07. The van der Waals surface area contributed by atoms with Gasteiger partial charge in [-0.1, -0.05) is 38.7 Å². The molecule has 2 N–H and O–H groups in total. The van der Waals surface area contributed by atoms with Crippen molar-refractivity contribution in [3.05, 3.63) is 33.7 Å². The lowest BCUT2D eigenvalue weighted by Crippen LogP contribution is -2.29. The SMILES string of the molecule is CC1CCC(CCNC2CCCc3[nH]c(=O)ccc32)CC1. The average Bonchev–Trinajstić information content (AvgIpc) is 2.49. The number of aryl methyl sites for hydroxylation is 1. The van der Waals surface area contributed by atoms with Gasteiger partial charge in [0.2, 0.25) is 5.56 Å². The molecule has 0 bridgehead atoms. The molecule has 0 aromatic carbocycles. The first-order chi connectivity index (χ1) is 10.2. The van der Waals surface area contributed by atoms with Crippen molar-refractivity contribution in [2.24, 2.45) is 11.8 Å². The van der Waals surface area contributed by atoms with Crippen LogP contribution in [-0.2, 0) is 6.42 Å². The summed E-state index contributed by atoms with van der Waals surface area (Å²) in [7, 11) is 0. The van der Waals surface area contributed by atoms with E-state index >= 15 is 0 Å². The molecule has 3 nitrogen and oxygen atoms in total.